The predicted molar refractivity (Wildman–Crippen MR) is 52.4 cm³/mol. The van der Waals surface area contributed by atoms with E-state index >= 15 is 0 Å². The number of ether oxygens (including phenoxy) is 1. The van der Waals surface area contributed by atoms with Crippen molar-refractivity contribution in [2.24, 2.45) is 5.73 Å². The molecule has 0 spiro atoms. The Morgan fingerprint density at radius 1 is 1.54 bits per heavy atom. The van der Waals surface area contributed by atoms with Crippen LogP contribution in [0.4, 0.5) is 0 Å². The third-order valence-corrected chi connectivity index (χ3v) is 1.54. The van der Waals surface area contributed by atoms with E-state index in [0.717, 1.165) is 0 Å². The van der Waals surface area contributed by atoms with Crippen LogP contribution in [0.1, 0.15) is 27.7 Å². The topological polar surface area (TPSA) is 64.3 Å². The number of carbonyl (C=O) groups is 1. The van der Waals surface area contributed by atoms with Crippen LogP contribution in [0.5, 0.6) is 0 Å². The quantitative estimate of drug-likeness (QED) is 0.650. The van der Waals surface area contributed by atoms with E-state index in [-0.39, 0.29) is 24.2 Å². The Labute approximate surface area is 79.8 Å². The van der Waals surface area contributed by atoms with Crippen LogP contribution in [-0.4, -0.2) is 30.7 Å². The highest BCUT2D eigenvalue weighted by Gasteiger charge is 2.17. The van der Waals surface area contributed by atoms with E-state index in [1.165, 1.54) is 0 Å². The van der Waals surface area contributed by atoms with Gasteiger partial charge in [-0.1, -0.05) is 0 Å². The minimum Gasteiger partial charge on any atom is -0.369 e. The Morgan fingerprint density at radius 2 is 2.08 bits per heavy atom. The number of amides is 1. The van der Waals surface area contributed by atoms with Gasteiger partial charge in [-0.15, -0.1) is 0 Å². The zero-order chi connectivity index (χ0) is 10.5. The fraction of sp³-hybridized carbons (Fsp3) is 0.889. The van der Waals surface area contributed by atoms with Crippen molar-refractivity contribution >= 4 is 5.91 Å². The molecule has 0 bridgehead atoms. The number of hydrogen-bond acceptors (Lipinski definition) is 3. The maximum Gasteiger partial charge on any atom is 0.246 e. The molecule has 4 heteroatoms. The molecule has 0 radical (unpaired) electrons. The van der Waals surface area contributed by atoms with Crippen LogP contribution in [0.3, 0.4) is 0 Å². The van der Waals surface area contributed by atoms with Crippen molar-refractivity contribution in [1.29, 1.82) is 0 Å². The highest BCUT2D eigenvalue weighted by atomic mass is 16.5. The summed E-state index contributed by atoms with van der Waals surface area (Å²) in [5, 5.41) is 2.77. The Hall–Kier alpha value is -0.610. The lowest BCUT2D eigenvalue weighted by atomic mass is 10.1. The van der Waals surface area contributed by atoms with Gasteiger partial charge in [-0.05, 0) is 27.7 Å². The van der Waals surface area contributed by atoms with E-state index in [0.29, 0.717) is 6.54 Å². The van der Waals surface area contributed by atoms with Gasteiger partial charge in [0.15, 0.2) is 0 Å². The van der Waals surface area contributed by atoms with E-state index in [4.69, 9.17) is 10.5 Å². The molecule has 0 saturated carbocycles. The minimum absolute atomic E-state index is 0.0757. The van der Waals surface area contributed by atoms with Crippen LogP contribution in [-0.2, 0) is 9.53 Å². The summed E-state index contributed by atoms with van der Waals surface area (Å²) in [6.07, 6.45) is 0.0757. The summed E-state index contributed by atoms with van der Waals surface area (Å²) in [7, 11) is 0. The summed E-state index contributed by atoms with van der Waals surface area (Å²) >= 11 is 0. The normalized spacial score (nSPS) is 11.8. The lowest BCUT2D eigenvalue weighted by Gasteiger charge is -2.24. The Bertz CT molecular complexity index is 167. The summed E-state index contributed by atoms with van der Waals surface area (Å²) in [6, 6.07) is 0. The van der Waals surface area contributed by atoms with Gasteiger partial charge in [0.05, 0.1) is 6.10 Å². The molecular weight excluding hydrogens is 168 g/mol. The molecule has 0 saturated heterocycles. The van der Waals surface area contributed by atoms with Crippen molar-refractivity contribution in [3.63, 3.8) is 0 Å². The molecule has 4 nitrogen and oxygen atoms in total. The first kappa shape index (κ1) is 12.4. The van der Waals surface area contributed by atoms with E-state index in [1.54, 1.807) is 0 Å². The fourth-order valence-electron chi connectivity index (χ4n) is 0.707. The molecule has 0 heterocycles. The molecule has 78 valence electrons. The SMILES string of the molecule is CC(C)OCC(=O)NC(C)(C)CN. The average molecular weight is 188 g/mol. The van der Waals surface area contributed by atoms with Crippen molar-refractivity contribution in [3.05, 3.63) is 0 Å². The van der Waals surface area contributed by atoms with Crippen molar-refractivity contribution in [2.45, 2.75) is 39.3 Å². The highest BCUT2D eigenvalue weighted by molar-refractivity contribution is 5.77. The van der Waals surface area contributed by atoms with Gasteiger partial charge in [0.25, 0.3) is 0 Å². The van der Waals surface area contributed by atoms with Crippen LogP contribution < -0.4 is 11.1 Å². The Balaban J connectivity index is 3.74. The molecule has 0 aliphatic rings. The lowest BCUT2D eigenvalue weighted by molar-refractivity contribution is -0.128. The number of rotatable bonds is 5. The summed E-state index contributed by atoms with van der Waals surface area (Å²) in [6.45, 7) is 8.05. The lowest BCUT2D eigenvalue weighted by Crippen LogP contribution is -2.50. The molecule has 0 aliphatic heterocycles. The molecule has 0 aromatic carbocycles. The molecule has 0 aliphatic carbocycles. The largest absolute Gasteiger partial charge is 0.369 e. The van der Waals surface area contributed by atoms with Gasteiger partial charge in [0.1, 0.15) is 6.61 Å². The predicted octanol–water partition coefficient (Wildman–Crippen LogP) is 0.265. The van der Waals surface area contributed by atoms with E-state index < -0.39 is 0 Å². The minimum atomic E-state index is -0.350. The van der Waals surface area contributed by atoms with Crippen LogP contribution in [0.15, 0.2) is 0 Å². The Kier molecular flexibility index (Phi) is 4.95. The first-order valence-corrected chi connectivity index (χ1v) is 4.50. The highest BCUT2D eigenvalue weighted by Crippen LogP contribution is 1.98. The molecular formula is C9H20N2O2. The molecule has 0 aromatic rings. The van der Waals surface area contributed by atoms with Gasteiger partial charge in [0, 0.05) is 12.1 Å². The van der Waals surface area contributed by atoms with Crippen molar-refractivity contribution in [2.75, 3.05) is 13.2 Å². The number of nitrogens with one attached hydrogen (secondary N) is 1. The second kappa shape index (κ2) is 5.19. The summed E-state index contributed by atoms with van der Waals surface area (Å²) in [5.74, 6) is -0.121. The summed E-state index contributed by atoms with van der Waals surface area (Å²) in [5.41, 5.74) is 5.11. The smallest absolute Gasteiger partial charge is 0.246 e. The van der Waals surface area contributed by atoms with E-state index in [2.05, 4.69) is 5.32 Å². The van der Waals surface area contributed by atoms with Gasteiger partial charge in [-0.25, -0.2) is 0 Å². The van der Waals surface area contributed by atoms with Gasteiger partial charge in [-0.2, -0.15) is 0 Å². The maximum absolute atomic E-state index is 11.2. The molecule has 0 fully saturated rings. The third-order valence-electron chi connectivity index (χ3n) is 1.54. The van der Waals surface area contributed by atoms with Gasteiger partial charge in [-0.3, -0.25) is 4.79 Å². The third kappa shape index (κ3) is 6.54. The van der Waals surface area contributed by atoms with Crippen molar-refractivity contribution < 1.29 is 9.53 Å². The second-order valence-electron chi connectivity index (χ2n) is 4.00. The van der Waals surface area contributed by atoms with Crippen molar-refractivity contribution in [3.8, 4) is 0 Å². The first-order chi connectivity index (χ1) is 5.87. The molecule has 0 aromatic heterocycles. The van der Waals surface area contributed by atoms with Gasteiger partial charge >= 0.3 is 0 Å². The second-order valence-corrected chi connectivity index (χ2v) is 4.00. The molecule has 3 N–H and O–H groups in total. The van der Waals surface area contributed by atoms with Gasteiger partial charge in [0.2, 0.25) is 5.91 Å². The monoisotopic (exact) mass is 188 g/mol. The van der Waals surface area contributed by atoms with Crippen molar-refractivity contribution in [1.82, 2.24) is 5.32 Å². The molecule has 0 atom stereocenters. The maximum atomic E-state index is 11.2. The molecule has 1 amide bonds. The van der Waals surface area contributed by atoms with Gasteiger partial charge < -0.3 is 15.8 Å². The van der Waals surface area contributed by atoms with Crippen LogP contribution in [0.25, 0.3) is 0 Å². The Morgan fingerprint density at radius 3 is 2.46 bits per heavy atom. The number of carbonyl (C=O) groups excluding carboxylic acids is 1. The van der Waals surface area contributed by atoms with Crippen LogP contribution >= 0.6 is 0 Å². The van der Waals surface area contributed by atoms with Crippen LogP contribution in [0.2, 0.25) is 0 Å². The number of hydrogen-bond donors (Lipinski definition) is 2. The fourth-order valence-corrected chi connectivity index (χ4v) is 0.707. The molecule has 0 rings (SSSR count). The molecule has 0 unspecified atom stereocenters. The zero-order valence-electron chi connectivity index (χ0n) is 8.89. The standard InChI is InChI=1S/C9H20N2O2/c1-7(2)13-5-8(12)11-9(3,4)6-10/h7H,5-6,10H2,1-4H3,(H,11,12). The summed E-state index contributed by atoms with van der Waals surface area (Å²) < 4.78 is 5.14. The average Bonchev–Trinajstić information content (AvgIpc) is 2.00. The number of nitrogens with two attached hydrogens (primary N) is 1. The zero-order valence-corrected chi connectivity index (χ0v) is 8.89. The first-order valence-electron chi connectivity index (χ1n) is 4.50. The van der Waals surface area contributed by atoms with E-state index in [1.807, 2.05) is 27.7 Å². The molecule has 13 heavy (non-hydrogen) atoms. The van der Waals surface area contributed by atoms with E-state index in [9.17, 15) is 4.79 Å². The van der Waals surface area contributed by atoms with Crippen LogP contribution in [0, 0.1) is 0 Å². The summed E-state index contributed by atoms with van der Waals surface area (Å²) in [4.78, 5) is 11.2.